The first-order valence-electron chi connectivity index (χ1n) is 2.05. The molecule has 3 nitrogen and oxygen atoms in total. The quantitative estimate of drug-likeness (QED) is 0.498. The molecule has 0 aliphatic rings. The molecule has 48 valence electrons. The summed E-state index contributed by atoms with van der Waals surface area (Å²) in [5.74, 6) is -1.96. The van der Waals surface area contributed by atoms with Crippen LogP contribution in [-0.2, 0) is 0 Å². The minimum atomic E-state index is -0.987. The summed E-state index contributed by atoms with van der Waals surface area (Å²) >= 11 is 5.13. The summed E-state index contributed by atoms with van der Waals surface area (Å²) in [7, 11) is 0. The van der Waals surface area contributed by atoms with Crippen molar-refractivity contribution in [3.05, 3.63) is 17.3 Å². The van der Waals surface area contributed by atoms with Gasteiger partial charge in [0.05, 0.1) is 6.20 Å². The number of rotatable bonds is 0. The zero-order valence-corrected chi connectivity index (χ0v) is 4.89. The van der Waals surface area contributed by atoms with E-state index < -0.39 is 11.7 Å². The Morgan fingerprint density at radius 3 is 2.78 bits per heavy atom. The third-order valence-electron chi connectivity index (χ3n) is 0.683. The highest BCUT2D eigenvalue weighted by molar-refractivity contribution is 6.28. The summed E-state index contributed by atoms with van der Waals surface area (Å²) in [6, 6.07) is 0. The van der Waals surface area contributed by atoms with Crippen LogP contribution in [0.25, 0.3) is 0 Å². The predicted octanol–water partition coefficient (Wildman–Crippen LogP) is 0.343. The number of hydrogen-bond donors (Lipinski definition) is 0. The molecule has 1 aromatic rings. The number of aromatic nitrogens is 2. The molecule has 0 spiro atoms. The van der Waals surface area contributed by atoms with Gasteiger partial charge in [-0.1, -0.05) is 0 Å². The van der Waals surface area contributed by atoms with Crippen LogP contribution in [-0.4, -0.2) is 9.97 Å². The van der Waals surface area contributed by atoms with Crippen LogP contribution in [0.15, 0.2) is 6.20 Å². The van der Waals surface area contributed by atoms with E-state index in [0.29, 0.717) is 0 Å². The fourth-order valence-corrected chi connectivity index (χ4v) is 0.457. The molecule has 0 radical (unpaired) electrons. The molecule has 0 aliphatic carbocycles. The second-order valence-electron chi connectivity index (χ2n) is 1.29. The molecule has 5 heteroatoms. The normalized spacial score (nSPS) is 9.56. The van der Waals surface area contributed by atoms with Crippen LogP contribution in [0.4, 0.5) is 4.39 Å². The fourth-order valence-electron chi connectivity index (χ4n) is 0.331. The molecule has 0 aliphatic heterocycles. The second kappa shape index (κ2) is 2.14. The molecule has 1 heterocycles. The van der Waals surface area contributed by atoms with Gasteiger partial charge in [0.25, 0.3) is 0 Å². The van der Waals surface area contributed by atoms with E-state index in [1.165, 1.54) is 0 Å². The first-order valence-corrected chi connectivity index (χ1v) is 2.43. The Labute approximate surface area is 55.1 Å². The Kier molecular flexibility index (Phi) is 1.48. The van der Waals surface area contributed by atoms with Gasteiger partial charge in [-0.15, -0.1) is 0 Å². The Bertz CT molecular complexity index is 230. The van der Waals surface area contributed by atoms with E-state index in [1.807, 2.05) is 0 Å². The molecule has 9 heavy (non-hydrogen) atoms. The van der Waals surface area contributed by atoms with Gasteiger partial charge in [-0.3, -0.25) is 0 Å². The zero-order chi connectivity index (χ0) is 6.85. The highest BCUT2D eigenvalue weighted by Gasteiger charge is 1.93. The molecule has 0 saturated heterocycles. The number of halogens is 2. The van der Waals surface area contributed by atoms with E-state index >= 15 is 0 Å². The van der Waals surface area contributed by atoms with Crippen molar-refractivity contribution in [1.29, 1.82) is 0 Å². The maximum Gasteiger partial charge on any atom is 0.221 e. The zero-order valence-electron chi connectivity index (χ0n) is 4.14. The largest absolute Gasteiger partial charge is 0.856 e. The summed E-state index contributed by atoms with van der Waals surface area (Å²) in [5, 5.41) is 9.99. The van der Waals surface area contributed by atoms with Gasteiger partial charge in [-0.2, -0.15) is 0 Å². The van der Waals surface area contributed by atoms with Crippen molar-refractivity contribution in [1.82, 2.24) is 9.97 Å². The van der Waals surface area contributed by atoms with Gasteiger partial charge in [-0.05, 0) is 11.6 Å². The molecule has 0 N–H and O–H groups in total. The Morgan fingerprint density at radius 1 is 1.67 bits per heavy atom. The molecular formula is C4HClFN2O-. The van der Waals surface area contributed by atoms with E-state index in [-0.39, 0.29) is 5.28 Å². The lowest BCUT2D eigenvalue weighted by Crippen LogP contribution is -1.98. The molecule has 0 saturated carbocycles. The van der Waals surface area contributed by atoms with E-state index in [1.54, 1.807) is 0 Å². The van der Waals surface area contributed by atoms with Crippen molar-refractivity contribution in [3.63, 3.8) is 0 Å². The average molecular weight is 148 g/mol. The molecule has 1 aromatic heterocycles. The first-order chi connectivity index (χ1) is 4.20. The van der Waals surface area contributed by atoms with E-state index in [0.717, 1.165) is 6.20 Å². The van der Waals surface area contributed by atoms with Gasteiger partial charge >= 0.3 is 0 Å². The van der Waals surface area contributed by atoms with Crippen LogP contribution in [0.3, 0.4) is 0 Å². The van der Waals surface area contributed by atoms with Crippen molar-refractivity contribution in [2.75, 3.05) is 0 Å². The van der Waals surface area contributed by atoms with Crippen molar-refractivity contribution >= 4 is 11.6 Å². The van der Waals surface area contributed by atoms with Crippen molar-refractivity contribution in [2.24, 2.45) is 0 Å². The molecule has 0 amide bonds. The van der Waals surface area contributed by atoms with Crippen LogP contribution in [0.1, 0.15) is 0 Å². The molecular weight excluding hydrogens is 147 g/mol. The predicted molar refractivity (Wildman–Crippen MR) is 26.4 cm³/mol. The summed E-state index contributed by atoms with van der Waals surface area (Å²) < 4.78 is 12.0. The van der Waals surface area contributed by atoms with Crippen LogP contribution in [0.2, 0.25) is 5.28 Å². The van der Waals surface area contributed by atoms with Crippen LogP contribution in [0, 0.1) is 5.82 Å². The van der Waals surface area contributed by atoms with Crippen molar-refractivity contribution < 1.29 is 9.50 Å². The van der Waals surface area contributed by atoms with Crippen LogP contribution in [0.5, 0.6) is 5.88 Å². The third kappa shape index (κ3) is 1.26. The highest BCUT2D eigenvalue weighted by Crippen LogP contribution is 2.08. The topological polar surface area (TPSA) is 48.8 Å². The summed E-state index contributed by atoms with van der Waals surface area (Å²) in [5.41, 5.74) is 0. The van der Waals surface area contributed by atoms with E-state index in [4.69, 9.17) is 11.6 Å². The molecule has 0 unspecified atom stereocenters. The standard InChI is InChI=1S/C4H2ClFN2O/c5-4-7-1-2(6)3(9)8-4/h1H,(H,7,8,9)/p-1. The lowest BCUT2D eigenvalue weighted by Gasteiger charge is -2.02. The summed E-state index contributed by atoms with van der Waals surface area (Å²) in [4.78, 5) is 6.22. The third-order valence-corrected chi connectivity index (χ3v) is 0.865. The van der Waals surface area contributed by atoms with Gasteiger partial charge in [0, 0.05) is 5.88 Å². The van der Waals surface area contributed by atoms with Crippen LogP contribution >= 0.6 is 11.6 Å². The van der Waals surface area contributed by atoms with Crippen molar-refractivity contribution in [2.45, 2.75) is 0 Å². The monoisotopic (exact) mass is 147 g/mol. The lowest BCUT2D eigenvalue weighted by molar-refractivity contribution is -0.279. The first kappa shape index (κ1) is 6.22. The minimum Gasteiger partial charge on any atom is -0.856 e. The van der Waals surface area contributed by atoms with Gasteiger partial charge in [0.1, 0.15) is 0 Å². The molecule has 1 rings (SSSR count). The maximum absolute atomic E-state index is 12.0. The second-order valence-corrected chi connectivity index (χ2v) is 1.63. The SMILES string of the molecule is [O-]c1nc(Cl)ncc1F. The van der Waals surface area contributed by atoms with Crippen molar-refractivity contribution in [3.8, 4) is 5.88 Å². The Morgan fingerprint density at radius 2 is 2.33 bits per heavy atom. The molecule has 0 aromatic carbocycles. The maximum atomic E-state index is 12.0. The molecule has 0 atom stereocenters. The Hall–Kier alpha value is -0.900. The highest BCUT2D eigenvalue weighted by atomic mass is 35.5. The van der Waals surface area contributed by atoms with Gasteiger partial charge < -0.3 is 5.11 Å². The van der Waals surface area contributed by atoms with Gasteiger partial charge in [0.2, 0.25) is 5.28 Å². The lowest BCUT2D eigenvalue weighted by atomic mass is 10.6. The smallest absolute Gasteiger partial charge is 0.221 e. The van der Waals surface area contributed by atoms with Crippen LogP contribution < -0.4 is 5.11 Å². The minimum absolute atomic E-state index is 0.235. The average Bonchev–Trinajstić information content (AvgIpc) is 1.80. The van der Waals surface area contributed by atoms with Gasteiger partial charge in [-0.25, -0.2) is 14.4 Å². The number of nitrogens with zero attached hydrogens (tertiary/aromatic N) is 2. The Balaban J connectivity index is 3.17. The molecule has 0 fully saturated rings. The van der Waals surface area contributed by atoms with E-state index in [2.05, 4.69) is 9.97 Å². The molecule has 0 bridgehead atoms. The van der Waals surface area contributed by atoms with Gasteiger partial charge in [0.15, 0.2) is 5.82 Å². The summed E-state index contributed by atoms with van der Waals surface area (Å²) in [6.45, 7) is 0. The number of hydrogen-bond acceptors (Lipinski definition) is 3. The van der Waals surface area contributed by atoms with E-state index in [9.17, 15) is 9.50 Å². The summed E-state index contributed by atoms with van der Waals surface area (Å²) in [6.07, 6.45) is 0.734. The fraction of sp³-hybridized carbons (Fsp3) is 0.